The average molecular weight is 327 g/mol. The van der Waals surface area contributed by atoms with Crippen LogP contribution in [0.25, 0.3) is 0 Å². The highest BCUT2D eigenvalue weighted by molar-refractivity contribution is 9.09. The van der Waals surface area contributed by atoms with E-state index in [4.69, 9.17) is 4.74 Å². The summed E-state index contributed by atoms with van der Waals surface area (Å²) >= 11 is 3.54. The summed E-state index contributed by atoms with van der Waals surface area (Å²) in [5.74, 6) is 1.13. The van der Waals surface area contributed by atoms with Crippen molar-refractivity contribution in [3.63, 3.8) is 0 Å². The largest absolute Gasteiger partial charge is 0.492 e. The Balaban J connectivity index is 2.86. The van der Waals surface area contributed by atoms with Gasteiger partial charge in [0.15, 0.2) is 5.78 Å². The van der Waals surface area contributed by atoms with Gasteiger partial charge in [0.1, 0.15) is 5.75 Å². The number of rotatable bonds is 5. The Bertz CT molecular complexity index is 447. The highest BCUT2D eigenvalue weighted by Gasteiger charge is 2.24. The maximum atomic E-state index is 11.6. The van der Waals surface area contributed by atoms with Crippen LogP contribution in [0.2, 0.25) is 0 Å². The zero-order valence-electron chi connectivity index (χ0n) is 12.4. The number of aryl methyl sites for hydroxylation is 1. The van der Waals surface area contributed by atoms with Gasteiger partial charge in [0.2, 0.25) is 0 Å². The predicted molar refractivity (Wildman–Crippen MR) is 83.4 cm³/mol. The fraction of sp³-hybridized carbons (Fsp3) is 0.562. The van der Waals surface area contributed by atoms with Gasteiger partial charge in [-0.05, 0) is 31.4 Å². The lowest BCUT2D eigenvalue weighted by molar-refractivity contribution is 0.101. The molecule has 0 N–H and O–H groups in total. The van der Waals surface area contributed by atoms with Gasteiger partial charge in [0.05, 0.1) is 12.2 Å². The van der Waals surface area contributed by atoms with Crippen molar-refractivity contribution in [2.75, 3.05) is 11.9 Å². The van der Waals surface area contributed by atoms with Crippen LogP contribution in [-0.2, 0) is 0 Å². The Kier molecular flexibility index (Phi) is 5.60. The van der Waals surface area contributed by atoms with Crippen LogP contribution in [0.5, 0.6) is 5.75 Å². The molecule has 0 amide bonds. The highest BCUT2D eigenvalue weighted by Crippen LogP contribution is 2.29. The Hall–Kier alpha value is -0.830. The van der Waals surface area contributed by atoms with Crippen LogP contribution >= 0.6 is 15.9 Å². The number of alkyl halides is 1. The van der Waals surface area contributed by atoms with Gasteiger partial charge in [0.25, 0.3) is 0 Å². The van der Waals surface area contributed by atoms with E-state index < -0.39 is 0 Å². The monoisotopic (exact) mass is 326 g/mol. The Labute approximate surface area is 124 Å². The molecule has 1 aromatic carbocycles. The van der Waals surface area contributed by atoms with E-state index in [1.165, 1.54) is 0 Å². The fourth-order valence-corrected chi connectivity index (χ4v) is 2.92. The molecule has 0 aliphatic carbocycles. The first-order valence-electron chi connectivity index (χ1n) is 6.56. The Morgan fingerprint density at radius 2 is 2.00 bits per heavy atom. The second-order valence-electron chi connectivity index (χ2n) is 6.08. The summed E-state index contributed by atoms with van der Waals surface area (Å²) in [5, 5.41) is 0.887. The molecule has 0 spiro atoms. The molecule has 106 valence electrons. The number of hydrogen-bond acceptors (Lipinski definition) is 2. The SMILES string of the molecule is CC(=O)c1cc(C)ccc1OCC(CBr)C(C)(C)C. The molecule has 0 radical (unpaired) electrons. The molecule has 0 saturated heterocycles. The third kappa shape index (κ3) is 4.64. The van der Waals surface area contributed by atoms with E-state index in [2.05, 4.69) is 36.7 Å². The number of ether oxygens (including phenoxy) is 1. The van der Waals surface area contributed by atoms with E-state index in [1.807, 2.05) is 25.1 Å². The normalized spacial score (nSPS) is 13.2. The molecule has 3 heteroatoms. The fourth-order valence-electron chi connectivity index (χ4n) is 1.76. The standard InChI is InChI=1S/C16H23BrO2/c1-11-6-7-15(14(8-11)12(2)18)19-10-13(9-17)16(3,4)5/h6-8,13H,9-10H2,1-5H3. The van der Waals surface area contributed by atoms with Crippen molar-refractivity contribution in [3.05, 3.63) is 29.3 Å². The van der Waals surface area contributed by atoms with Gasteiger partial charge in [-0.15, -0.1) is 0 Å². The molecule has 1 aromatic rings. The molecular weight excluding hydrogens is 304 g/mol. The predicted octanol–water partition coefficient (Wildman–Crippen LogP) is 4.63. The molecule has 0 fully saturated rings. The van der Waals surface area contributed by atoms with Gasteiger partial charge < -0.3 is 4.74 Å². The highest BCUT2D eigenvalue weighted by atomic mass is 79.9. The molecule has 0 saturated carbocycles. The first-order valence-corrected chi connectivity index (χ1v) is 7.68. The van der Waals surface area contributed by atoms with E-state index in [9.17, 15) is 4.79 Å². The number of carbonyl (C=O) groups is 1. The number of carbonyl (C=O) groups excluding carboxylic acids is 1. The third-order valence-electron chi connectivity index (χ3n) is 3.37. The minimum atomic E-state index is 0.0462. The smallest absolute Gasteiger partial charge is 0.163 e. The number of hydrogen-bond donors (Lipinski definition) is 0. The summed E-state index contributed by atoms with van der Waals surface area (Å²) < 4.78 is 5.88. The van der Waals surface area contributed by atoms with Crippen LogP contribution in [-0.4, -0.2) is 17.7 Å². The zero-order valence-corrected chi connectivity index (χ0v) is 14.0. The van der Waals surface area contributed by atoms with E-state index >= 15 is 0 Å². The van der Waals surface area contributed by atoms with E-state index in [-0.39, 0.29) is 11.2 Å². The molecule has 1 atom stereocenters. The Morgan fingerprint density at radius 3 is 2.47 bits per heavy atom. The van der Waals surface area contributed by atoms with E-state index in [1.54, 1.807) is 6.92 Å². The molecule has 19 heavy (non-hydrogen) atoms. The Morgan fingerprint density at radius 1 is 1.37 bits per heavy atom. The molecule has 0 aliphatic rings. The maximum Gasteiger partial charge on any atom is 0.163 e. The number of halogens is 1. The van der Waals surface area contributed by atoms with Crippen LogP contribution in [0.3, 0.4) is 0 Å². The van der Waals surface area contributed by atoms with E-state index in [0.717, 1.165) is 10.9 Å². The molecule has 0 aromatic heterocycles. The van der Waals surface area contributed by atoms with Gasteiger partial charge in [-0.25, -0.2) is 0 Å². The molecule has 0 heterocycles. The summed E-state index contributed by atoms with van der Waals surface area (Å²) in [6, 6.07) is 5.75. The van der Waals surface area contributed by atoms with Gasteiger partial charge in [-0.3, -0.25) is 4.79 Å². The molecule has 2 nitrogen and oxygen atoms in total. The molecule has 0 bridgehead atoms. The van der Waals surface area contributed by atoms with Gasteiger partial charge >= 0.3 is 0 Å². The van der Waals surface area contributed by atoms with Crippen molar-refractivity contribution in [1.82, 2.24) is 0 Å². The van der Waals surface area contributed by atoms with Gasteiger partial charge in [-0.2, -0.15) is 0 Å². The molecule has 1 rings (SSSR count). The quantitative estimate of drug-likeness (QED) is 0.582. The van der Waals surface area contributed by atoms with Crippen molar-refractivity contribution in [2.45, 2.75) is 34.6 Å². The lowest BCUT2D eigenvalue weighted by Crippen LogP contribution is -2.28. The van der Waals surface area contributed by atoms with Crippen LogP contribution in [0.15, 0.2) is 18.2 Å². The number of ketones is 1. The van der Waals surface area contributed by atoms with Crippen molar-refractivity contribution in [1.29, 1.82) is 0 Å². The summed E-state index contributed by atoms with van der Waals surface area (Å²) in [6.45, 7) is 10.8. The minimum Gasteiger partial charge on any atom is -0.492 e. The zero-order chi connectivity index (χ0) is 14.6. The second kappa shape index (κ2) is 6.56. The average Bonchev–Trinajstić information content (AvgIpc) is 2.29. The van der Waals surface area contributed by atoms with Crippen LogP contribution < -0.4 is 4.74 Å². The summed E-state index contributed by atoms with van der Waals surface area (Å²) in [5.41, 5.74) is 1.91. The first-order chi connectivity index (χ1) is 8.75. The summed E-state index contributed by atoms with van der Waals surface area (Å²) in [4.78, 5) is 11.6. The maximum absolute atomic E-state index is 11.6. The van der Waals surface area contributed by atoms with Crippen molar-refractivity contribution >= 4 is 21.7 Å². The van der Waals surface area contributed by atoms with Crippen molar-refractivity contribution in [2.24, 2.45) is 11.3 Å². The van der Waals surface area contributed by atoms with Gasteiger partial charge in [-0.1, -0.05) is 48.3 Å². The minimum absolute atomic E-state index is 0.0462. The van der Waals surface area contributed by atoms with Crippen LogP contribution in [0, 0.1) is 18.3 Å². The molecule has 1 unspecified atom stereocenters. The molecule has 0 aliphatic heterocycles. The summed E-state index contributed by atoms with van der Waals surface area (Å²) in [7, 11) is 0. The lowest BCUT2D eigenvalue weighted by Gasteiger charge is -2.29. The van der Waals surface area contributed by atoms with Gasteiger partial charge in [0, 0.05) is 11.2 Å². The lowest BCUT2D eigenvalue weighted by atomic mass is 9.83. The van der Waals surface area contributed by atoms with E-state index in [0.29, 0.717) is 23.8 Å². The topological polar surface area (TPSA) is 26.3 Å². The first kappa shape index (κ1) is 16.2. The number of Topliss-reactive ketones (excluding diaryl/α,β-unsaturated/α-hetero) is 1. The van der Waals surface area contributed by atoms with Crippen molar-refractivity contribution in [3.8, 4) is 5.75 Å². The molecular formula is C16H23BrO2. The van der Waals surface area contributed by atoms with Crippen LogP contribution in [0.1, 0.15) is 43.6 Å². The summed E-state index contributed by atoms with van der Waals surface area (Å²) in [6.07, 6.45) is 0. The number of benzene rings is 1. The second-order valence-corrected chi connectivity index (χ2v) is 6.73. The third-order valence-corrected chi connectivity index (χ3v) is 4.15. The van der Waals surface area contributed by atoms with Crippen molar-refractivity contribution < 1.29 is 9.53 Å². The van der Waals surface area contributed by atoms with Crippen LogP contribution in [0.4, 0.5) is 0 Å².